The maximum atomic E-state index is 5.21. The van der Waals surface area contributed by atoms with Gasteiger partial charge in [0.1, 0.15) is 10.8 Å². The molecule has 20 heavy (non-hydrogen) atoms. The Balaban J connectivity index is 1.92. The van der Waals surface area contributed by atoms with Crippen molar-refractivity contribution in [3.05, 3.63) is 40.5 Å². The van der Waals surface area contributed by atoms with Gasteiger partial charge in [0.15, 0.2) is 5.16 Å². The molecule has 0 aliphatic heterocycles. The maximum Gasteiger partial charge on any atom is 0.172 e. The van der Waals surface area contributed by atoms with Gasteiger partial charge >= 0.3 is 0 Å². The van der Waals surface area contributed by atoms with Crippen LogP contribution in [0.2, 0.25) is 0 Å². The number of methoxy groups -OCH3 is 1. The quantitative estimate of drug-likeness (QED) is 0.770. The molecule has 6 heteroatoms. The summed E-state index contributed by atoms with van der Waals surface area (Å²) in [7, 11) is 1.65. The monoisotopic (exact) mass is 349 g/mol. The lowest BCUT2D eigenvalue weighted by Crippen LogP contribution is -1.86. The van der Waals surface area contributed by atoms with Crippen LogP contribution >= 0.6 is 27.7 Å². The van der Waals surface area contributed by atoms with Gasteiger partial charge < -0.3 is 9.72 Å². The Bertz CT molecular complexity index is 772. The minimum Gasteiger partial charge on any atom is -0.497 e. The van der Waals surface area contributed by atoms with Crippen molar-refractivity contribution in [3.63, 3.8) is 0 Å². The van der Waals surface area contributed by atoms with Gasteiger partial charge in [-0.15, -0.1) is 0 Å². The number of aryl methyl sites for hydroxylation is 1. The number of pyridine rings is 1. The smallest absolute Gasteiger partial charge is 0.172 e. The highest BCUT2D eigenvalue weighted by Crippen LogP contribution is 2.28. The molecule has 0 fully saturated rings. The molecule has 0 spiro atoms. The van der Waals surface area contributed by atoms with Crippen molar-refractivity contribution in [2.75, 3.05) is 7.11 Å². The van der Waals surface area contributed by atoms with Gasteiger partial charge in [-0.25, -0.2) is 9.97 Å². The Morgan fingerprint density at radius 2 is 2.05 bits per heavy atom. The van der Waals surface area contributed by atoms with Crippen molar-refractivity contribution < 1.29 is 4.74 Å². The van der Waals surface area contributed by atoms with Crippen LogP contribution in [0.15, 0.2) is 45.0 Å². The second kappa shape index (κ2) is 5.46. The summed E-state index contributed by atoms with van der Waals surface area (Å²) in [6.07, 6.45) is 0. The fraction of sp³-hybridized carbons (Fsp3) is 0.143. The van der Waals surface area contributed by atoms with Gasteiger partial charge in [0.25, 0.3) is 0 Å². The van der Waals surface area contributed by atoms with E-state index in [1.165, 1.54) is 11.8 Å². The van der Waals surface area contributed by atoms with Gasteiger partial charge in [0, 0.05) is 10.5 Å². The lowest BCUT2D eigenvalue weighted by molar-refractivity contribution is 0.415. The summed E-state index contributed by atoms with van der Waals surface area (Å²) < 4.78 is 6.22. The Kier molecular flexibility index (Phi) is 3.67. The molecule has 0 unspecified atom stereocenters. The fourth-order valence-electron chi connectivity index (χ4n) is 1.82. The predicted octanol–water partition coefficient (Wildman–Crippen LogP) is 4.19. The van der Waals surface area contributed by atoms with Crippen molar-refractivity contribution in [2.45, 2.75) is 17.1 Å². The van der Waals surface area contributed by atoms with E-state index in [0.717, 1.165) is 37.1 Å². The molecule has 4 nitrogen and oxygen atoms in total. The van der Waals surface area contributed by atoms with Crippen molar-refractivity contribution >= 4 is 38.7 Å². The van der Waals surface area contributed by atoms with E-state index < -0.39 is 0 Å². The number of hydrogen-bond donors (Lipinski definition) is 1. The molecule has 0 saturated carbocycles. The highest BCUT2D eigenvalue weighted by molar-refractivity contribution is 9.10. The average molecular weight is 350 g/mol. The highest BCUT2D eigenvalue weighted by Gasteiger charge is 2.07. The number of imidazole rings is 1. The van der Waals surface area contributed by atoms with E-state index in [4.69, 9.17) is 4.74 Å². The molecule has 0 aliphatic carbocycles. The van der Waals surface area contributed by atoms with E-state index in [9.17, 15) is 0 Å². The van der Waals surface area contributed by atoms with Crippen LogP contribution in [0.1, 0.15) is 5.69 Å². The molecule has 0 atom stereocenters. The summed E-state index contributed by atoms with van der Waals surface area (Å²) in [5, 5.41) is 1.74. The Hall–Kier alpha value is -1.53. The topological polar surface area (TPSA) is 50.8 Å². The molecule has 1 aromatic carbocycles. The molecule has 0 radical (unpaired) electrons. The Morgan fingerprint density at radius 1 is 1.20 bits per heavy atom. The molecule has 2 aromatic heterocycles. The summed E-state index contributed by atoms with van der Waals surface area (Å²) in [4.78, 5) is 12.3. The number of hydrogen-bond acceptors (Lipinski definition) is 4. The van der Waals surface area contributed by atoms with E-state index in [2.05, 4.69) is 30.9 Å². The number of aromatic amines is 1. The molecule has 0 saturated heterocycles. The fourth-order valence-corrected chi connectivity index (χ4v) is 2.86. The molecule has 0 amide bonds. The number of H-pyrrole nitrogens is 1. The van der Waals surface area contributed by atoms with Crippen LogP contribution in [0.5, 0.6) is 5.75 Å². The zero-order valence-electron chi connectivity index (χ0n) is 11.0. The van der Waals surface area contributed by atoms with Crippen LogP contribution in [-0.2, 0) is 0 Å². The first-order valence-electron chi connectivity index (χ1n) is 6.00. The summed E-state index contributed by atoms with van der Waals surface area (Å²) in [6, 6.07) is 9.74. The first kappa shape index (κ1) is 13.5. The van der Waals surface area contributed by atoms with Crippen molar-refractivity contribution in [2.24, 2.45) is 0 Å². The van der Waals surface area contributed by atoms with Gasteiger partial charge in [0.05, 0.1) is 23.8 Å². The summed E-state index contributed by atoms with van der Waals surface area (Å²) in [6.45, 7) is 1.97. The first-order valence-corrected chi connectivity index (χ1v) is 7.61. The number of benzene rings is 1. The third-order valence-electron chi connectivity index (χ3n) is 2.86. The molecular weight excluding hydrogens is 338 g/mol. The van der Waals surface area contributed by atoms with Crippen molar-refractivity contribution in [3.8, 4) is 5.75 Å². The summed E-state index contributed by atoms with van der Waals surface area (Å²) >= 11 is 4.96. The molecule has 2 heterocycles. The van der Waals surface area contributed by atoms with E-state index in [0.29, 0.717) is 0 Å². The SMILES string of the molecule is COc1ccc2nc(Sc3ccc(Br)c(C)n3)[nH]c2c1. The van der Waals surface area contributed by atoms with Crippen LogP contribution in [-0.4, -0.2) is 22.1 Å². The molecule has 0 aliphatic rings. The van der Waals surface area contributed by atoms with E-state index in [1.807, 2.05) is 37.3 Å². The lowest BCUT2D eigenvalue weighted by atomic mass is 10.3. The Morgan fingerprint density at radius 3 is 2.80 bits per heavy atom. The number of nitrogens with one attached hydrogen (secondary N) is 1. The van der Waals surface area contributed by atoms with E-state index in [-0.39, 0.29) is 0 Å². The normalized spacial score (nSPS) is 10.9. The minimum atomic E-state index is 0.815. The predicted molar refractivity (Wildman–Crippen MR) is 83.4 cm³/mol. The van der Waals surface area contributed by atoms with Gasteiger partial charge in [-0.2, -0.15) is 0 Å². The first-order chi connectivity index (χ1) is 9.65. The van der Waals surface area contributed by atoms with Crippen LogP contribution in [0.4, 0.5) is 0 Å². The van der Waals surface area contributed by atoms with Crippen LogP contribution in [0.25, 0.3) is 11.0 Å². The Labute approximate surface area is 129 Å². The maximum absolute atomic E-state index is 5.21. The van der Waals surface area contributed by atoms with Gasteiger partial charge in [0.2, 0.25) is 0 Å². The number of fused-ring (bicyclic) bond motifs is 1. The summed E-state index contributed by atoms with van der Waals surface area (Å²) in [5.41, 5.74) is 2.84. The van der Waals surface area contributed by atoms with Crippen molar-refractivity contribution in [1.29, 1.82) is 0 Å². The molecule has 102 valence electrons. The number of ether oxygens (including phenoxy) is 1. The number of halogens is 1. The zero-order chi connectivity index (χ0) is 14.1. The second-order valence-corrected chi connectivity index (χ2v) is 6.11. The third kappa shape index (κ3) is 2.66. The molecule has 3 aromatic rings. The van der Waals surface area contributed by atoms with E-state index in [1.54, 1.807) is 7.11 Å². The zero-order valence-corrected chi connectivity index (χ0v) is 13.4. The van der Waals surface area contributed by atoms with Crippen LogP contribution in [0.3, 0.4) is 0 Å². The van der Waals surface area contributed by atoms with Crippen LogP contribution in [0, 0.1) is 6.92 Å². The standard InChI is InChI=1S/C14H12BrN3OS/c1-8-10(15)4-6-13(16-8)20-14-17-11-5-3-9(19-2)7-12(11)18-14/h3-7H,1-2H3,(H,17,18). The van der Waals surface area contributed by atoms with Gasteiger partial charge in [-0.1, -0.05) is 0 Å². The molecule has 0 bridgehead atoms. The number of nitrogens with zero attached hydrogens (tertiary/aromatic N) is 2. The number of aromatic nitrogens is 3. The highest BCUT2D eigenvalue weighted by atomic mass is 79.9. The second-order valence-electron chi connectivity index (χ2n) is 4.24. The van der Waals surface area contributed by atoms with Gasteiger partial charge in [-0.3, -0.25) is 0 Å². The molecule has 1 N–H and O–H groups in total. The number of rotatable bonds is 3. The lowest BCUT2D eigenvalue weighted by Gasteiger charge is -2.00. The minimum absolute atomic E-state index is 0.815. The van der Waals surface area contributed by atoms with Gasteiger partial charge in [-0.05, 0) is 58.9 Å². The largest absolute Gasteiger partial charge is 0.497 e. The van der Waals surface area contributed by atoms with Crippen molar-refractivity contribution in [1.82, 2.24) is 15.0 Å². The molecule has 3 rings (SSSR count). The van der Waals surface area contributed by atoms with E-state index >= 15 is 0 Å². The average Bonchev–Trinajstić information content (AvgIpc) is 2.84. The third-order valence-corrected chi connectivity index (χ3v) is 4.53. The molecular formula is C14H12BrN3OS. The van der Waals surface area contributed by atoms with Crippen LogP contribution < -0.4 is 4.74 Å². The summed E-state index contributed by atoms with van der Waals surface area (Å²) in [5.74, 6) is 0.815.